The van der Waals surface area contributed by atoms with Gasteiger partial charge in [-0.1, -0.05) is 13.3 Å². The molecule has 1 aliphatic rings. The third kappa shape index (κ3) is 2.78. The number of benzene rings is 1. The third-order valence-corrected chi connectivity index (χ3v) is 3.85. The summed E-state index contributed by atoms with van der Waals surface area (Å²) in [5, 5.41) is 13.1. The van der Waals surface area contributed by atoms with Crippen molar-refractivity contribution in [1.82, 2.24) is 5.32 Å². The second-order valence-corrected chi connectivity index (χ2v) is 5.47. The highest BCUT2D eigenvalue weighted by Crippen LogP contribution is 2.40. The molecule has 0 amide bonds. The van der Waals surface area contributed by atoms with E-state index in [-0.39, 0.29) is 17.6 Å². The largest absolute Gasteiger partial charge is 0.508 e. The minimum atomic E-state index is -0.304. The van der Waals surface area contributed by atoms with Crippen LogP contribution in [-0.2, 0) is 0 Å². The van der Waals surface area contributed by atoms with E-state index in [4.69, 9.17) is 0 Å². The van der Waals surface area contributed by atoms with Gasteiger partial charge in [0.15, 0.2) is 0 Å². The van der Waals surface area contributed by atoms with E-state index in [0.29, 0.717) is 11.0 Å². The molecule has 94 valence electrons. The smallest absolute Gasteiger partial charge is 0.123 e. The molecule has 1 aromatic carbocycles. The summed E-state index contributed by atoms with van der Waals surface area (Å²) in [6, 6.07) is 4.06. The number of rotatable bonds is 4. The Labute approximate surface area is 102 Å². The van der Waals surface area contributed by atoms with Gasteiger partial charge >= 0.3 is 0 Å². The molecule has 1 saturated carbocycles. The summed E-state index contributed by atoms with van der Waals surface area (Å²) in [5.74, 6) is -0.147. The van der Waals surface area contributed by atoms with Crippen LogP contribution >= 0.6 is 0 Å². The van der Waals surface area contributed by atoms with E-state index in [2.05, 4.69) is 12.2 Å². The van der Waals surface area contributed by atoms with Gasteiger partial charge < -0.3 is 10.4 Å². The maximum absolute atomic E-state index is 13.1. The molecule has 0 heterocycles. The average Bonchev–Trinajstić information content (AvgIpc) is 2.26. The van der Waals surface area contributed by atoms with Crippen LogP contribution in [0.4, 0.5) is 4.39 Å². The molecule has 1 aromatic rings. The van der Waals surface area contributed by atoms with Crippen LogP contribution in [0.15, 0.2) is 18.2 Å². The summed E-state index contributed by atoms with van der Waals surface area (Å²) in [7, 11) is 0. The zero-order chi connectivity index (χ0) is 12.5. The van der Waals surface area contributed by atoms with Gasteiger partial charge in [0.05, 0.1) is 0 Å². The summed E-state index contributed by atoms with van der Waals surface area (Å²) in [4.78, 5) is 0. The molecular weight excluding hydrogens is 217 g/mol. The van der Waals surface area contributed by atoms with Gasteiger partial charge in [0.25, 0.3) is 0 Å². The lowest BCUT2D eigenvalue weighted by Gasteiger charge is -2.39. The van der Waals surface area contributed by atoms with E-state index in [1.54, 1.807) is 0 Å². The van der Waals surface area contributed by atoms with Gasteiger partial charge in [-0.15, -0.1) is 0 Å². The van der Waals surface area contributed by atoms with Gasteiger partial charge in [0, 0.05) is 18.2 Å². The van der Waals surface area contributed by atoms with Crippen molar-refractivity contribution in [2.45, 2.75) is 39.2 Å². The topological polar surface area (TPSA) is 32.3 Å². The van der Waals surface area contributed by atoms with Crippen LogP contribution in [0, 0.1) is 11.2 Å². The second kappa shape index (κ2) is 4.65. The van der Waals surface area contributed by atoms with E-state index in [9.17, 15) is 9.50 Å². The lowest BCUT2D eigenvalue weighted by Crippen LogP contribution is -2.38. The highest BCUT2D eigenvalue weighted by atomic mass is 19.1. The molecule has 0 radical (unpaired) electrons. The first-order chi connectivity index (χ1) is 8.00. The van der Waals surface area contributed by atoms with Crippen LogP contribution in [0.25, 0.3) is 0 Å². The van der Waals surface area contributed by atoms with Gasteiger partial charge in [-0.2, -0.15) is 0 Å². The van der Waals surface area contributed by atoms with Crippen LogP contribution in [0.1, 0.15) is 44.7 Å². The summed E-state index contributed by atoms with van der Waals surface area (Å²) < 4.78 is 13.1. The molecule has 2 nitrogen and oxygen atoms in total. The molecule has 17 heavy (non-hydrogen) atoms. The van der Waals surface area contributed by atoms with Gasteiger partial charge in [-0.25, -0.2) is 4.39 Å². The first-order valence-corrected chi connectivity index (χ1v) is 6.22. The standard InChI is InChI=1S/C14H20FNO/c1-10(16-9-14(2)6-3-7-14)12-8-11(15)4-5-13(12)17/h4-5,8,10,16-17H,3,6-7,9H2,1-2H3. The fraction of sp³-hybridized carbons (Fsp3) is 0.571. The molecule has 1 aliphatic carbocycles. The van der Waals surface area contributed by atoms with E-state index < -0.39 is 0 Å². The molecule has 0 aromatic heterocycles. The van der Waals surface area contributed by atoms with Crippen molar-refractivity contribution in [2.75, 3.05) is 6.54 Å². The maximum Gasteiger partial charge on any atom is 0.123 e. The molecule has 1 fully saturated rings. The van der Waals surface area contributed by atoms with Crippen LogP contribution in [0.5, 0.6) is 5.75 Å². The van der Waals surface area contributed by atoms with Crippen molar-refractivity contribution >= 4 is 0 Å². The van der Waals surface area contributed by atoms with Crippen molar-refractivity contribution in [3.8, 4) is 5.75 Å². The maximum atomic E-state index is 13.1. The van der Waals surface area contributed by atoms with Gasteiger partial charge in [0.2, 0.25) is 0 Å². The lowest BCUT2D eigenvalue weighted by atomic mass is 9.70. The molecule has 3 heteroatoms. The summed E-state index contributed by atoms with van der Waals surface area (Å²) in [6.45, 7) is 5.14. The van der Waals surface area contributed by atoms with E-state index >= 15 is 0 Å². The Hall–Kier alpha value is -1.09. The molecule has 0 saturated heterocycles. The number of halogens is 1. The third-order valence-electron chi connectivity index (χ3n) is 3.85. The fourth-order valence-electron chi connectivity index (χ4n) is 2.34. The monoisotopic (exact) mass is 237 g/mol. The van der Waals surface area contributed by atoms with E-state index in [1.165, 1.54) is 37.5 Å². The van der Waals surface area contributed by atoms with Gasteiger partial charge in [0.1, 0.15) is 11.6 Å². The predicted octanol–water partition coefficient (Wildman–Crippen LogP) is 3.37. The van der Waals surface area contributed by atoms with Crippen LogP contribution in [-0.4, -0.2) is 11.7 Å². The number of phenolic OH excluding ortho intramolecular Hbond substituents is 1. The molecule has 1 unspecified atom stereocenters. The van der Waals surface area contributed by atoms with Gasteiger partial charge in [-0.05, 0) is 43.4 Å². The fourth-order valence-corrected chi connectivity index (χ4v) is 2.34. The van der Waals surface area contributed by atoms with Gasteiger partial charge in [-0.3, -0.25) is 0 Å². The zero-order valence-corrected chi connectivity index (χ0v) is 10.5. The lowest BCUT2D eigenvalue weighted by molar-refractivity contribution is 0.151. The molecule has 2 rings (SSSR count). The Morgan fingerprint density at radius 1 is 1.47 bits per heavy atom. The number of phenols is 1. The summed E-state index contributed by atoms with van der Waals surface area (Å²) in [5.41, 5.74) is 1.02. The quantitative estimate of drug-likeness (QED) is 0.841. The number of hydrogen-bond donors (Lipinski definition) is 2. The van der Waals surface area contributed by atoms with Crippen molar-refractivity contribution in [3.05, 3.63) is 29.6 Å². The Balaban J connectivity index is 1.99. The average molecular weight is 237 g/mol. The van der Waals surface area contributed by atoms with Crippen molar-refractivity contribution in [3.63, 3.8) is 0 Å². The Bertz CT molecular complexity index is 401. The zero-order valence-electron chi connectivity index (χ0n) is 10.5. The first kappa shape index (κ1) is 12.4. The second-order valence-electron chi connectivity index (χ2n) is 5.47. The molecule has 0 spiro atoms. The summed E-state index contributed by atoms with van der Waals surface area (Å²) >= 11 is 0. The van der Waals surface area contributed by atoms with E-state index in [0.717, 1.165) is 6.54 Å². The predicted molar refractivity (Wildman–Crippen MR) is 66.4 cm³/mol. The molecular formula is C14H20FNO. The summed E-state index contributed by atoms with van der Waals surface area (Å²) in [6.07, 6.45) is 3.81. The minimum absolute atomic E-state index is 0.0249. The molecule has 2 N–H and O–H groups in total. The Morgan fingerprint density at radius 3 is 2.76 bits per heavy atom. The first-order valence-electron chi connectivity index (χ1n) is 6.22. The van der Waals surface area contributed by atoms with E-state index in [1.807, 2.05) is 6.92 Å². The minimum Gasteiger partial charge on any atom is -0.508 e. The highest BCUT2D eigenvalue weighted by molar-refractivity contribution is 5.34. The van der Waals surface area contributed by atoms with Crippen molar-refractivity contribution < 1.29 is 9.50 Å². The SMILES string of the molecule is CC(NCC1(C)CCC1)c1cc(F)ccc1O. The van der Waals surface area contributed by atoms with Crippen molar-refractivity contribution in [1.29, 1.82) is 0 Å². The Kier molecular flexibility index (Phi) is 3.38. The number of aromatic hydroxyl groups is 1. The normalized spacial score (nSPS) is 19.7. The molecule has 1 atom stereocenters. The number of nitrogens with one attached hydrogen (secondary N) is 1. The van der Waals surface area contributed by atoms with Crippen LogP contribution in [0.2, 0.25) is 0 Å². The number of hydrogen-bond acceptors (Lipinski definition) is 2. The van der Waals surface area contributed by atoms with Crippen LogP contribution < -0.4 is 5.32 Å². The van der Waals surface area contributed by atoms with Crippen molar-refractivity contribution in [2.24, 2.45) is 5.41 Å². The molecule has 0 bridgehead atoms. The Morgan fingerprint density at radius 2 is 2.18 bits per heavy atom. The van der Waals surface area contributed by atoms with Crippen LogP contribution in [0.3, 0.4) is 0 Å². The molecule has 0 aliphatic heterocycles. The highest BCUT2D eigenvalue weighted by Gasteiger charge is 2.31.